The first kappa shape index (κ1) is 12.8. The van der Waals surface area contributed by atoms with Crippen molar-refractivity contribution < 1.29 is 4.79 Å². The van der Waals surface area contributed by atoms with Crippen LogP contribution in [0.15, 0.2) is 29.6 Å². The molecule has 2 aromatic rings. The van der Waals surface area contributed by atoms with Gasteiger partial charge in [-0.2, -0.15) is 0 Å². The molecule has 0 fully saturated rings. The van der Waals surface area contributed by atoms with Gasteiger partial charge in [-0.05, 0) is 13.8 Å². The molecule has 3 nitrogen and oxygen atoms in total. The Hall–Kier alpha value is -1.68. The average Bonchev–Trinajstić information content (AvgIpc) is 2.87. The van der Waals surface area contributed by atoms with Crippen LogP contribution in [0.2, 0.25) is 0 Å². The topological polar surface area (TPSA) is 33.2 Å². The van der Waals surface area contributed by atoms with Crippen LogP contribution in [-0.4, -0.2) is 29.4 Å². The summed E-state index contributed by atoms with van der Waals surface area (Å²) in [5, 5.41) is 2.71. The third-order valence-corrected chi connectivity index (χ3v) is 3.73. The highest BCUT2D eigenvalue weighted by Crippen LogP contribution is 2.24. The largest absolute Gasteiger partial charge is 0.341 e. The van der Waals surface area contributed by atoms with Gasteiger partial charge in [-0.3, -0.25) is 4.79 Å². The number of nitrogens with zero attached hydrogens (tertiary/aromatic N) is 2. The van der Waals surface area contributed by atoms with E-state index >= 15 is 0 Å². The molecule has 1 heterocycles. The second-order valence-electron chi connectivity index (χ2n) is 4.22. The van der Waals surface area contributed by atoms with E-state index in [4.69, 9.17) is 0 Å². The minimum Gasteiger partial charge on any atom is -0.341 e. The lowest BCUT2D eigenvalue weighted by Gasteiger charge is -2.11. The summed E-state index contributed by atoms with van der Waals surface area (Å²) in [5.74, 6) is -0.0212. The Kier molecular flexibility index (Phi) is 3.77. The van der Waals surface area contributed by atoms with Gasteiger partial charge in [0.15, 0.2) is 0 Å². The molecule has 1 aromatic carbocycles. The van der Waals surface area contributed by atoms with Crippen molar-refractivity contribution in [3.63, 3.8) is 0 Å². The maximum Gasteiger partial charge on any atom is 0.273 e. The van der Waals surface area contributed by atoms with Gasteiger partial charge >= 0.3 is 0 Å². The summed E-state index contributed by atoms with van der Waals surface area (Å²) >= 11 is 1.51. The Bertz CT molecular complexity index is 545. The lowest BCUT2D eigenvalue weighted by atomic mass is 10.2. The van der Waals surface area contributed by atoms with Gasteiger partial charge < -0.3 is 4.90 Å². The molecule has 0 unspecified atom stereocenters. The molecular weight excluding hydrogens is 244 g/mol. The first-order chi connectivity index (χ1) is 8.61. The van der Waals surface area contributed by atoms with E-state index in [-0.39, 0.29) is 5.91 Å². The van der Waals surface area contributed by atoms with Crippen LogP contribution in [0, 0.1) is 6.92 Å². The minimum absolute atomic E-state index is 0.0212. The Morgan fingerprint density at radius 1 is 1.33 bits per heavy atom. The highest BCUT2D eigenvalue weighted by atomic mass is 32.1. The lowest BCUT2D eigenvalue weighted by molar-refractivity contribution is 0.0797. The van der Waals surface area contributed by atoms with Crippen LogP contribution in [-0.2, 0) is 0 Å². The predicted molar refractivity (Wildman–Crippen MR) is 74.9 cm³/mol. The van der Waals surface area contributed by atoms with Crippen LogP contribution in [0.1, 0.15) is 23.0 Å². The van der Waals surface area contributed by atoms with Crippen LogP contribution in [0.4, 0.5) is 0 Å². The number of hydrogen-bond acceptors (Lipinski definition) is 3. The molecule has 2 rings (SSSR count). The standard InChI is InChI=1S/C14H16N2OS/c1-4-16(3)14(17)12-9-18-13(15-12)11-7-5-10(2)6-8-11/h5-9H,4H2,1-3H3. The molecule has 4 heteroatoms. The first-order valence-electron chi connectivity index (χ1n) is 5.90. The number of amides is 1. The van der Waals surface area contributed by atoms with Gasteiger partial charge in [0.25, 0.3) is 5.91 Å². The number of thiazole rings is 1. The molecule has 0 aliphatic carbocycles. The zero-order valence-electron chi connectivity index (χ0n) is 10.8. The Balaban J connectivity index is 2.25. The summed E-state index contributed by atoms with van der Waals surface area (Å²) in [5.41, 5.74) is 2.81. The predicted octanol–water partition coefficient (Wildman–Crippen LogP) is 3.21. The van der Waals surface area contributed by atoms with E-state index in [2.05, 4.69) is 24.0 Å². The first-order valence-corrected chi connectivity index (χ1v) is 6.78. The van der Waals surface area contributed by atoms with Crippen molar-refractivity contribution in [2.45, 2.75) is 13.8 Å². The molecule has 0 radical (unpaired) electrons. The van der Waals surface area contributed by atoms with Gasteiger partial charge in [0, 0.05) is 24.5 Å². The molecule has 0 aliphatic heterocycles. The van der Waals surface area contributed by atoms with Crippen LogP contribution < -0.4 is 0 Å². The number of aryl methyl sites for hydroxylation is 1. The van der Waals surface area contributed by atoms with E-state index in [0.29, 0.717) is 12.2 Å². The lowest BCUT2D eigenvalue weighted by Crippen LogP contribution is -2.26. The molecule has 1 amide bonds. The number of carbonyl (C=O) groups excluding carboxylic acids is 1. The molecule has 0 bridgehead atoms. The number of benzene rings is 1. The summed E-state index contributed by atoms with van der Waals surface area (Å²) in [6, 6.07) is 8.17. The van der Waals surface area contributed by atoms with Gasteiger partial charge in [0.05, 0.1) is 0 Å². The summed E-state index contributed by atoms with van der Waals surface area (Å²) in [4.78, 5) is 18.0. The fraction of sp³-hybridized carbons (Fsp3) is 0.286. The third kappa shape index (κ3) is 2.59. The van der Waals surface area contributed by atoms with E-state index in [9.17, 15) is 4.79 Å². The van der Waals surface area contributed by atoms with Gasteiger partial charge in [0.1, 0.15) is 10.7 Å². The molecule has 0 saturated carbocycles. The Morgan fingerprint density at radius 2 is 2.00 bits per heavy atom. The monoisotopic (exact) mass is 260 g/mol. The van der Waals surface area contributed by atoms with Crippen molar-refractivity contribution >= 4 is 17.2 Å². The molecule has 18 heavy (non-hydrogen) atoms. The second kappa shape index (κ2) is 5.31. The number of carbonyl (C=O) groups is 1. The van der Waals surface area contributed by atoms with Crippen molar-refractivity contribution in [1.29, 1.82) is 0 Å². The van der Waals surface area contributed by atoms with E-state index in [1.807, 2.05) is 24.4 Å². The second-order valence-corrected chi connectivity index (χ2v) is 5.08. The molecule has 0 saturated heterocycles. The van der Waals surface area contributed by atoms with Crippen molar-refractivity contribution in [1.82, 2.24) is 9.88 Å². The van der Waals surface area contributed by atoms with Crippen molar-refractivity contribution in [2.75, 3.05) is 13.6 Å². The zero-order valence-corrected chi connectivity index (χ0v) is 11.6. The summed E-state index contributed by atoms with van der Waals surface area (Å²) in [7, 11) is 1.78. The van der Waals surface area contributed by atoms with E-state index in [1.165, 1.54) is 16.9 Å². The summed E-state index contributed by atoms with van der Waals surface area (Å²) in [6.07, 6.45) is 0. The SMILES string of the molecule is CCN(C)C(=O)c1csc(-c2ccc(C)cc2)n1. The Labute approximate surface area is 111 Å². The number of rotatable bonds is 3. The summed E-state index contributed by atoms with van der Waals surface area (Å²) in [6.45, 7) is 4.69. The molecule has 0 atom stereocenters. The van der Waals surface area contributed by atoms with Crippen LogP contribution in [0.3, 0.4) is 0 Å². The van der Waals surface area contributed by atoms with Crippen LogP contribution >= 0.6 is 11.3 Å². The maximum absolute atomic E-state index is 11.9. The Morgan fingerprint density at radius 3 is 2.61 bits per heavy atom. The minimum atomic E-state index is -0.0212. The van der Waals surface area contributed by atoms with Crippen LogP contribution in [0.5, 0.6) is 0 Å². The quantitative estimate of drug-likeness (QED) is 0.849. The van der Waals surface area contributed by atoms with E-state index < -0.39 is 0 Å². The summed E-state index contributed by atoms with van der Waals surface area (Å²) < 4.78 is 0. The van der Waals surface area contributed by atoms with Gasteiger partial charge in [-0.1, -0.05) is 29.8 Å². The fourth-order valence-electron chi connectivity index (χ4n) is 1.54. The molecule has 0 aliphatic rings. The van der Waals surface area contributed by atoms with E-state index in [1.54, 1.807) is 11.9 Å². The molecule has 0 N–H and O–H groups in total. The van der Waals surface area contributed by atoms with Gasteiger partial charge in [0.2, 0.25) is 0 Å². The smallest absolute Gasteiger partial charge is 0.273 e. The third-order valence-electron chi connectivity index (χ3n) is 2.84. The highest BCUT2D eigenvalue weighted by molar-refractivity contribution is 7.13. The fourth-order valence-corrected chi connectivity index (χ4v) is 2.34. The number of hydrogen-bond donors (Lipinski definition) is 0. The molecule has 0 spiro atoms. The van der Waals surface area contributed by atoms with Gasteiger partial charge in [-0.15, -0.1) is 11.3 Å². The molecular formula is C14H16N2OS. The van der Waals surface area contributed by atoms with Crippen molar-refractivity contribution in [3.05, 3.63) is 40.9 Å². The zero-order chi connectivity index (χ0) is 13.1. The van der Waals surface area contributed by atoms with Crippen LogP contribution in [0.25, 0.3) is 10.6 Å². The van der Waals surface area contributed by atoms with E-state index in [0.717, 1.165) is 10.6 Å². The normalized spacial score (nSPS) is 10.4. The molecule has 94 valence electrons. The van der Waals surface area contributed by atoms with Crippen molar-refractivity contribution in [2.24, 2.45) is 0 Å². The molecule has 1 aromatic heterocycles. The maximum atomic E-state index is 11.9. The number of aromatic nitrogens is 1. The highest BCUT2D eigenvalue weighted by Gasteiger charge is 2.14. The average molecular weight is 260 g/mol. The van der Waals surface area contributed by atoms with Gasteiger partial charge in [-0.25, -0.2) is 4.98 Å². The van der Waals surface area contributed by atoms with Crippen molar-refractivity contribution in [3.8, 4) is 10.6 Å².